The van der Waals surface area contributed by atoms with Gasteiger partial charge < -0.3 is 34.3 Å². The highest BCUT2D eigenvalue weighted by Gasteiger charge is 2.52. The second kappa shape index (κ2) is 11.6. The summed E-state index contributed by atoms with van der Waals surface area (Å²) in [6.07, 6.45) is -1.50. The summed E-state index contributed by atoms with van der Waals surface area (Å²) in [5.41, 5.74) is 0. The highest BCUT2D eigenvalue weighted by Crippen LogP contribution is 2.28. The van der Waals surface area contributed by atoms with Gasteiger partial charge in [-0.15, -0.1) is 6.42 Å². The molecule has 0 unspecified atom stereocenters. The molecule has 0 aliphatic carbocycles. The predicted octanol–water partition coefficient (Wildman–Crippen LogP) is -0.998. The molecule has 1 fully saturated rings. The van der Waals surface area contributed by atoms with Gasteiger partial charge in [0.25, 0.3) is 0 Å². The van der Waals surface area contributed by atoms with Gasteiger partial charge in [-0.25, -0.2) is 4.79 Å². The molecule has 12 heteroatoms. The average Bonchev–Trinajstić information content (AvgIpc) is 2.62. The number of ether oxygens (including phenoxy) is 5. The maximum atomic E-state index is 12.0. The van der Waals surface area contributed by atoms with Crippen LogP contribution >= 0.6 is 0 Å². The number of terminal acetylenes is 1. The molecule has 1 aliphatic heterocycles. The molecule has 5 atom stereocenters. The molecule has 0 aromatic heterocycles. The third-order valence-corrected chi connectivity index (χ3v) is 3.62. The lowest BCUT2D eigenvalue weighted by Crippen LogP contribution is -2.66. The maximum absolute atomic E-state index is 12.0. The van der Waals surface area contributed by atoms with E-state index >= 15 is 0 Å². The molecule has 0 aromatic carbocycles. The molecule has 1 heterocycles. The van der Waals surface area contributed by atoms with Crippen molar-refractivity contribution in [1.82, 2.24) is 10.6 Å². The van der Waals surface area contributed by atoms with Gasteiger partial charge in [0, 0.05) is 27.7 Å². The molecule has 1 saturated heterocycles. The first-order chi connectivity index (χ1) is 14.0. The minimum absolute atomic E-state index is 0.100. The molecule has 2 N–H and O–H groups in total. The molecule has 2 amide bonds. The minimum Gasteiger partial charge on any atom is -0.463 e. The lowest BCUT2D eigenvalue weighted by molar-refractivity contribution is -0.255. The Morgan fingerprint density at radius 3 is 1.90 bits per heavy atom. The first kappa shape index (κ1) is 24.7. The number of carbonyl (C=O) groups excluding carboxylic acids is 5. The van der Waals surface area contributed by atoms with Crippen LogP contribution in [0.5, 0.6) is 0 Å². The molecule has 0 aromatic rings. The zero-order chi connectivity index (χ0) is 22.8. The van der Waals surface area contributed by atoms with E-state index in [0.29, 0.717) is 0 Å². The molecule has 0 bridgehead atoms. The largest absolute Gasteiger partial charge is 0.463 e. The van der Waals surface area contributed by atoms with Crippen LogP contribution in [0.4, 0.5) is 4.79 Å². The third kappa shape index (κ3) is 7.96. The van der Waals surface area contributed by atoms with Crippen molar-refractivity contribution in [2.75, 3.05) is 13.2 Å². The Kier molecular flexibility index (Phi) is 9.57. The van der Waals surface area contributed by atoms with E-state index in [9.17, 15) is 24.0 Å². The topological polar surface area (TPSA) is 156 Å². The number of carbonyl (C=O) groups is 5. The summed E-state index contributed by atoms with van der Waals surface area (Å²) in [4.78, 5) is 58.2. The highest BCUT2D eigenvalue weighted by atomic mass is 16.7. The Morgan fingerprint density at radius 2 is 1.40 bits per heavy atom. The van der Waals surface area contributed by atoms with Crippen molar-refractivity contribution in [2.45, 2.75) is 58.3 Å². The van der Waals surface area contributed by atoms with Gasteiger partial charge in [0.15, 0.2) is 24.5 Å². The number of nitrogens with one attached hydrogen (secondary N) is 2. The van der Waals surface area contributed by atoms with Gasteiger partial charge in [-0.3, -0.25) is 19.2 Å². The van der Waals surface area contributed by atoms with Gasteiger partial charge >= 0.3 is 29.9 Å². The first-order valence-corrected chi connectivity index (χ1v) is 8.83. The quantitative estimate of drug-likeness (QED) is 0.293. The molecule has 0 saturated carbocycles. The zero-order valence-electron chi connectivity index (χ0n) is 17.0. The van der Waals surface area contributed by atoms with Gasteiger partial charge in [-0.2, -0.15) is 0 Å². The van der Waals surface area contributed by atoms with Crippen LogP contribution in [0.25, 0.3) is 0 Å². The minimum atomic E-state index is -1.39. The van der Waals surface area contributed by atoms with E-state index in [-0.39, 0.29) is 6.54 Å². The second-order valence-electron chi connectivity index (χ2n) is 6.15. The third-order valence-electron chi connectivity index (χ3n) is 3.62. The van der Waals surface area contributed by atoms with E-state index in [4.69, 9.17) is 30.1 Å². The maximum Gasteiger partial charge on any atom is 0.317 e. The Hall–Kier alpha value is -3.33. The molecule has 0 radical (unpaired) electrons. The van der Waals surface area contributed by atoms with Crippen LogP contribution in [0.2, 0.25) is 0 Å². The van der Waals surface area contributed by atoms with Gasteiger partial charge in [0.2, 0.25) is 0 Å². The fourth-order valence-corrected chi connectivity index (χ4v) is 2.66. The van der Waals surface area contributed by atoms with Crippen molar-refractivity contribution >= 4 is 29.9 Å². The van der Waals surface area contributed by atoms with Crippen molar-refractivity contribution in [3.05, 3.63) is 0 Å². The number of hydrogen-bond donors (Lipinski definition) is 2. The molecule has 0 spiro atoms. The molecular weight excluding hydrogens is 404 g/mol. The second-order valence-corrected chi connectivity index (χ2v) is 6.15. The molecule has 1 aliphatic rings. The molecule has 12 nitrogen and oxygen atoms in total. The molecular formula is C18H24N2O10. The van der Waals surface area contributed by atoms with Crippen LogP contribution in [-0.4, -0.2) is 73.7 Å². The van der Waals surface area contributed by atoms with E-state index in [1.54, 1.807) is 0 Å². The number of esters is 4. The number of amides is 2. The lowest BCUT2D eigenvalue weighted by atomic mass is 9.97. The van der Waals surface area contributed by atoms with Crippen LogP contribution in [-0.2, 0) is 42.9 Å². The van der Waals surface area contributed by atoms with Crippen LogP contribution in [0.1, 0.15) is 27.7 Å². The van der Waals surface area contributed by atoms with Crippen LogP contribution in [0.15, 0.2) is 0 Å². The predicted molar refractivity (Wildman–Crippen MR) is 97.3 cm³/mol. The SMILES string of the molecule is C#CCNC(=O)N[C@H]1O[C@H](COC(C)=O)[C@H](OC(C)=O)[C@H](OC(C)=O)[C@H]1OC(C)=O. The fraction of sp³-hybridized carbons (Fsp3) is 0.611. The van der Waals surface area contributed by atoms with E-state index in [0.717, 1.165) is 27.7 Å². The number of rotatable bonds is 7. The van der Waals surface area contributed by atoms with Crippen LogP contribution in [0, 0.1) is 12.3 Å². The Labute approximate surface area is 172 Å². The normalized spacial score (nSPS) is 25.1. The summed E-state index contributed by atoms with van der Waals surface area (Å²) in [6, 6.07) is -0.770. The highest BCUT2D eigenvalue weighted by molar-refractivity contribution is 5.74. The Bertz CT molecular complexity index is 716. The van der Waals surface area contributed by atoms with E-state index in [2.05, 4.69) is 16.6 Å². The first-order valence-electron chi connectivity index (χ1n) is 8.83. The van der Waals surface area contributed by atoms with Crippen LogP contribution in [0.3, 0.4) is 0 Å². The Balaban J connectivity index is 3.29. The fourth-order valence-electron chi connectivity index (χ4n) is 2.66. The van der Waals surface area contributed by atoms with Crippen molar-refractivity contribution in [3.63, 3.8) is 0 Å². The number of urea groups is 1. The molecule has 166 valence electrons. The zero-order valence-corrected chi connectivity index (χ0v) is 17.0. The van der Waals surface area contributed by atoms with Crippen molar-refractivity contribution in [1.29, 1.82) is 0 Å². The summed E-state index contributed by atoms with van der Waals surface area (Å²) in [5.74, 6) is -0.765. The summed E-state index contributed by atoms with van der Waals surface area (Å²) < 4.78 is 26.2. The molecule has 1 rings (SSSR count). The smallest absolute Gasteiger partial charge is 0.317 e. The van der Waals surface area contributed by atoms with Gasteiger partial charge in [-0.1, -0.05) is 5.92 Å². The van der Waals surface area contributed by atoms with Crippen molar-refractivity contribution in [2.24, 2.45) is 0 Å². The van der Waals surface area contributed by atoms with Crippen molar-refractivity contribution < 1.29 is 47.7 Å². The van der Waals surface area contributed by atoms with Gasteiger partial charge in [-0.05, 0) is 0 Å². The summed E-state index contributed by atoms with van der Waals surface area (Å²) in [7, 11) is 0. The summed E-state index contributed by atoms with van der Waals surface area (Å²) in [5, 5.41) is 4.72. The van der Waals surface area contributed by atoms with Crippen LogP contribution < -0.4 is 10.6 Å². The van der Waals surface area contributed by atoms with Gasteiger partial charge in [0.1, 0.15) is 12.7 Å². The average molecular weight is 428 g/mol. The summed E-state index contributed by atoms with van der Waals surface area (Å²) >= 11 is 0. The Morgan fingerprint density at radius 1 is 0.867 bits per heavy atom. The number of hydrogen-bond acceptors (Lipinski definition) is 10. The van der Waals surface area contributed by atoms with Crippen molar-refractivity contribution in [3.8, 4) is 12.3 Å². The van der Waals surface area contributed by atoms with E-state index < -0.39 is 67.2 Å². The standard InChI is InChI=1S/C18H24N2O10/c1-6-7-19-18(25)20-17-16(29-12(5)24)15(28-11(4)23)14(27-10(3)22)13(30-17)8-26-9(2)21/h1,13-17H,7-8H2,2-5H3,(H2,19,20,25)/t13-,14+,15+,16-,17+/m1/s1. The molecule has 30 heavy (non-hydrogen) atoms. The van der Waals surface area contributed by atoms with Gasteiger partial charge in [0.05, 0.1) is 6.54 Å². The monoisotopic (exact) mass is 428 g/mol. The van der Waals surface area contributed by atoms with E-state index in [1.807, 2.05) is 0 Å². The lowest BCUT2D eigenvalue weighted by Gasteiger charge is -2.44. The van der Waals surface area contributed by atoms with E-state index in [1.165, 1.54) is 0 Å². The summed E-state index contributed by atoms with van der Waals surface area (Å²) in [6.45, 7) is 3.93.